The van der Waals surface area contributed by atoms with Crippen LogP contribution in [0.1, 0.15) is 17.4 Å². The fraction of sp³-hybridized carbons (Fsp3) is 0.143. The molecule has 0 atom stereocenters. The predicted octanol–water partition coefficient (Wildman–Crippen LogP) is 3.93. The van der Waals surface area contributed by atoms with Crippen LogP contribution >= 0.6 is 22.9 Å². The summed E-state index contributed by atoms with van der Waals surface area (Å²) >= 11 is 7.53. The smallest absolute Gasteiger partial charge is 0.194 e. The van der Waals surface area contributed by atoms with E-state index in [1.807, 2.05) is 18.5 Å². The molecule has 2 heterocycles. The van der Waals surface area contributed by atoms with Crippen LogP contribution in [-0.2, 0) is 0 Å². The van der Waals surface area contributed by atoms with Gasteiger partial charge < -0.3 is 4.74 Å². The number of aldehydes is 1. The van der Waals surface area contributed by atoms with Gasteiger partial charge in [0.05, 0.1) is 6.61 Å². The molecule has 1 aromatic carbocycles. The van der Waals surface area contributed by atoms with E-state index in [0.717, 1.165) is 16.8 Å². The molecule has 0 aliphatic heterocycles. The number of aromatic nitrogens is 2. The molecule has 102 valence electrons. The number of hydrogen-bond acceptors (Lipinski definition) is 4. The topological polar surface area (TPSA) is 43.6 Å². The highest BCUT2D eigenvalue weighted by Crippen LogP contribution is 2.34. The number of imidazole rings is 1. The maximum Gasteiger partial charge on any atom is 0.194 e. The van der Waals surface area contributed by atoms with Crippen molar-refractivity contribution in [2.75, 3.05) is 6.61 Å². The van der Waals surface area contributed by atoms with Crippen molar-refractivity contribution in [2.24, 2.45) is 0 Å². The summed E-state index contributed by atoms with van der Waals surface area (Å²) in [5, 5.41) is 2.47. The van der Waals surface area contributed by atoms with Crippen LogP contribution in [0.3, 0.4) is 0 Å². The minimum atomic E-state index is 0.504. The van der Waals surface area contributed by atoms with Crippen LogP contribution < -0.4 is 4.74 Å². The molecule has 0 amide bonds. The average molecular weight is 307 g/mol. The lowest BCUT2D eigenvalue weighted by molar-refractivity contribution is 0.111. The van der Waals surface area contributed by atoms with Crippen molar-refractivity contribution in [3.63, 3.8) is 0 Å². The Morgan fingerprint density at radius 3 is 3.10 bits per heavy atom. The first kappa shape index (κ1) is 13.1. The second-order valence-corrected chi connectivity index (χ2v) is 5.40. The molecule has 2 aromatic heterocycles. The Bertz CT molecular complexity index is 779. The van der Waals surface area contributed by atoms with E-state index in [9.17, 15) is 4.79 Å². The Balaban J connectivity index is 2.26. The monoisotopic (exact) mass is 306 g/mol. The van der Waals surface area contributed by atoms with Gasteiger partial charge in [0.15, 0.2) is 11.2 Å². The predicted molar refractivity (Wildman–Crippen MR) is 80.1 cm³/mol. The van der Waals surface area contributed by atoms with E-state index in [1.54, 1.807) is 22.6 Å². The zero-order valence-corrected chi connectivity index (χ0v) is 12.2. The molecule has 3 rings (SSSR count). The lowest BCUT2D eigenvalue weighted by atomic mass is 10.1. The third-order valence-electron chi connectivity index (χ3n) is 2.91. The summed E-state index contributed by atoms with van der Waals surface area (Å²) in [6.07, 6.45) is 2.63. The van der Waals surface area contributed by atoms with Gasteiger partial charge in [-0.2, -0.15) is 0 Å². The molecule has 0 fully saturated rings. The largest absolute Gasteiger partial charge is 0.493 e. The standard InChI is InChI=1S/C14H11ClN2O2S/c1-2-19-12-4-3-9(15)7-10(12)13-11(8-18)17-5-6-20-14(17)16-13/h3-8H,2H2,1H3. The van der Waals surface area contributed by atoms with Crippen LogP contribution in [0.15, 0.2) is 29.8 Å². The second-order valence-electron chi connectivity index (χ2n) is 4.09. The van der Waals surface area contributed by atoms with E-state index in [0.29, 0.717) is 28.8 Å². The van der Waals surface area contributed by atoms with Crippen LogP contribution in [-0.4, -0.2) is 22.3 Å². The fourth-order valence-corrected chi connectivity index (χ4v) is 2.98. The van der Waals surface area contributed by atoms with E-state index in [-0.39, 0.29) is 0 Å². The quantitative estimate of drug-likeness (QED) is 0.686. The molecule has 0 N–H and O–H groups in total. The molecule has 0 spiro atoms. The van der Waals surface area contributed by atoms with Crippen molar-refractivity contribution in [2.45, 2.75) is 6.92 Å². The third-order valence-corrected chi connectivity index (χ3v) is 3.90. The first-order valence-electron chi connectivity index (χ1n) is 6.08. The molecule has 0 bridgehead atoms. The maximum atomic E-state index is 11.4. The molecule has 3 aromatic rings. The molecule has 4 nitrogen and oxygen atoms in total. The van der Waals surface area contributed by atoms with Crippen molar-refractivity contribution < 1.29 is 9.53 Å². The number of nitrogens with zero attached hydrogens (tertiary/aromatic N) is 2. The van der Waals surface area contributed by atoms with Gasteiger partial charge in [-0.3, -0.25) is 9.20 Å². The van der Waals surface area contributed by atoms with Crippen LogP contribution in [0.5, 0.6) is 5.75 Å². The minimum Gasteiger partial charge on any atom is -0.493 e. The Morgan fingerprint density at radius 1 is 1.50 bits per heavy atom. The van der Waals surface area contributed by atoms with Gasteiger partial charge in [0.25, 0.3) is 0 Å². The molecule has 0 aliphatic carbocycles. The van der Waals surface area contributed by atoms with Gasteiger partial charge in [-0.15, -0.1) is 11.3 Å². The van der Waals surface area contributed by atoms with E-state index in [1.165, 1.54) is 11.3 Å². The summed E-state index contributed by atoms with van der Waals surface area (Å²) in [6, 6.07) is 5.32. The lowest BCUT2D eigenvalue weighted by Crippen LogP contribution is -1.96. The normalized spacial score (nSPS) is 10.9. The van der Waals surface area contributed by atoms with E-state index >= 15 is 0 Å². The van der Waals surface area contributed by atoms with E-state index in [4.69, 9.17) is 16.3 Å². The molecule has 0 radical (unpaired) electrons. The summed E-state index contributed by atoms with van der Waals surface area (Å²) in [5.41, 5.74) is 1.83. The summed E-state index contributed by atoms with van der Waals surface area (Å²) in [5.74, 6) is 0.672. The average Bonchev–Trinajstić information content (AvgIpc) is 3.01. The Labute approximate surface area is 124 Å². The summed E-state index contributed by atoms with van der Waals surface area (Å²) in [4.78, 5) is 16.7. The number of carbonyl (C=O) groups is 1. The van der Waals surface area contributed by atoms with Crippen molar-refractivity contribution in [1.29, 1.82) is 0 Å². The number of halogens is 1. The first-order valence-corrected chi connectivity index (χ1v) is 7.33. The number of carbonyl (C=O) groups excluding carboxylic acids is 1. The highest BCUT2D eigenvalue weighted by molar-refractivity contribution is 7.15. The molecule has 0 saturated carbocycles. The number of rotatable bonds is 4. The number of fused-ring (bicyclic) bond motifs is 1. The van der Waals surface area contributed by atoms with Gasteiger partial charge in [-0.25, -0.2) is 4.98 Å². The Kier molecular flexibility index (Phi) is 3.46. The molecule has 20 heavy (non-hydrogen) atoms. The number of benzene rings is 1. The van der Waals surface area contributed by atoms with Gasteiger partial charge in [0.2, 0.25) is 0 Å². The summed E-state index contributed by atoms with van der Waals surface area (Å²) < 4.78 is 7.37. The van der Waals surface area contributed by atoms with Gasteiger partial charge in [-0.05, 0) is 25.1 Å². The SMILES string of the molecule is CCOc1ccc(Cl)cc1-c1nc2sccn2c1C=O. The van der Waals surface area contributed by atoms with Crippen LogP contribution in [0.25, 0.3) is 16.2 Å². The first-order chi connectivity index (χ1) is 9.74. The highest BCUT2D eigenvalue weighted by Gasteiger charge is 2.18. The lowest BCUT2D eigenvalue weighted by Gasteiger charge is -2.09. The van der Waals surface area contributed by atoms with Gasteiger partial charge >= 0.3 is 0 Å². The molecule has 0 unspecified atom stereocenters. The Hall–Kier alpha value is -1.85. The van der Waals surface area contributed by atoms with E-state index in [2.05, 4.69) is 4.98 Å². The summed E-state index contributed by atoms with van der Waals surface area (Å²) in [6.45, 7) is 2.44. The number of ether oxygens (including phenoxy) is 1. The minimum absolute atomic E-state index is 0.504. The van der Waals surface area contributed by atoms with Crippen LogP contribution in [0.2, 0.25) is 5.02 Å². The van der Waals surface area contributed by atoms with Gasteiger partial charge in [-0.1, -0.05) is 11.6 Å². The van der Waals surface area contributed by atoms with Gasteiger partial charge in [0, 0.05) is 22.2 Å². The molecule has 6 heteroatoms. The number of hydrogen-bond donors (Lipinski definition) is 0. The van der Waals surface area contributed by atoms with Gasteiger partial charge in [0.1, 0.15) is 17.1 Å². The van der Waals surface area contributed by atoms with Crippen molar-refractivity contribution >= 4 is 34.2 Å². The zero-order chi connectivity index (χ0) is 14.1. The van der Waals surface area contributed by atoms with Crippen LogP contribution in [0.4, 0.5) is 0 Å². The maximum absolute atomic E-state index is 11.4. The summed E-state index contributed by atoms with van der Waals surface area (Å²) in [7, 11) is 0. The highest BCUT2D eigenvalue weighted by atomic mass is 35.5. The third kappa shape index (κ3) is 2.09. The fourth-order valence-electron chi connectivity index (χ4n) is 2.08. The van der Waals surface area contributed by atoms with Crippen molar-refractivity contribution in [3.8, 4) is 17.0 Å². The molecule has 0 saturated heterocycles. The molecular weight excluding hydrogens is 296 g/mol. The molecule has 0 aliphatic rings. The van der Waals surface area contributed by atoms with Crippen molar-refractivity contribution in [3.05, 3.63) is 40.5 Å². The number of thiazole rings is 1. The second kappa shape index (κ2) is 5.26. The van der Waals surface area contributed by atoms with E-state index < -0.39 is 0 Å². The zero-order valence-electron chi connectivity index (χ0n) is 10.7. The molecular formula is C14H11ClN2O2S. The van der Waals surface area contributed by atoms with Crippen molar-refractivity contribution in [1.82, 2.24) is 9.38 Å². The Morgan fingerprint density at radius 2 is 2.35 bits per heavy atom. The van der Waals surface area contributed by atoms with Crippen LogP contribution in [0, 0.1) is 0 Å².